The molecule has 1 fully saturated rings. The SMILES string of the molecule is CCCC(=O)Nc1ccc(C(=O)N(CCN2CCC(C(=O)c3ccc(F)cc3)CC2)c2ccccc2OC)cc1.O=C(O)C=CC(=O)O. The number of carboxylic acid groups (broad SMARTS) is 2. The van der Waals surface area contributed by atoms with E-state index in [1.54, 1.807) is 48.4 Å². The maximum absolute atomic E-state index is 13.7. The van der Waals surface area contributed by atoms with Crippen molar-refractivity contribution >= 4 is 40.9 Å². The maximum Gasteiger partial charge on any atom is 0.328 e. The molecule has 3 aromatic carbocycles. The van der Waals surface area contributed by atoms with Crippen LogP contribution in [0.1, 0.15) is 53.3 Å². The molecule has 0 unspecified atom stereocenters. The summed E-state index contributed by atoms with van der Waals surface area (Å²) in [7, 11) is 1.58. The van der Waals surface area contributed by atoms with E-state index in [4.69, 9.17) is 14.9 Å². The van der Waals surface area contributed by atoms with Crippen molar-refractivity contribution in [2.75, 3.05) is 43.5 Å². The molecule has 3 aromatic rings. The number of piperidine rings is 1. The lowest BCUT2D eigenvalue weighted by molar-refractivity contribution is -0.134. The number of hydrogen-bond acceptors (Lipinski definition) is 7. The van der Waals surface area contributed by atoms with E-state index in [2.05, 4.69) is 10.2 Å². The fraction of sp³-hybridized carbons (Fsp3) is 0.306. The van der Waals surface area contributed by atoms with E-state index in [1.807, 2.05) is 31.2 Å². The monoisotopic (exact) mass is 661 g/mol. The van der Waals surface area contributed by atoms with Gasteiger partial charge in [-0.2, -0.15) is 0 Å². The Bertz CT molecular complexity index is 1570. The van der Waals surface area contributed by atoms with Gasteiger partial charge in [0.2, 0.25) is 5.91 Å². The highest BCUT2D eigenvalue weighted by atomic mass is 19.1. The average molecular weight is 662 g/mol. The molecule has 0 aromatic heterocycles. The summed E-state index contributed by atoms with van der Waals surface area (Å²) in [6.07, 6.45) is 3.75. The molecule has 3 N–H and O–H groups in total. The van der Waals surface area contributed by atoms with Gasteiger partial charge in [-0.25, -0.2) is 14.0 Å². The van der Waals surface area contributed by atoms with Crippen LogP contribution >= 0.6 is 0 Å². The molecule has 0 spiro atoms. The average Bonchev–Trinajstić information content (AvgIpc) is 3.08. The molecule has 2 amide bonds. The molecule has 11 nitrogen and oxygen atoms in total. The number of aliphatic carboxylic acids is 2. The van der Waals surface area contributed by atoms with Gasteiger partial charge in [0.1, 0.15) is 11.6 Å². The van der Waals surface area contributed by atoms with E-state index in [0.29, 0.717) is 72.8 Å². The summed E-state index contributed by atoms with van der Waals surface area (Å²) in [4.78, 5) is 61.6. The molecule has 1 heterocycles. The fourth-order valence-electron chi connectivity index (χ4n) is 5.14. The third kappa shape index (κ3) is 11.5. The second-order valence-corrected chi connectivity index (χ2v) is 11.0. The van der Waals surface area contributed by atoms with Crippen molar-refractivity contribution in [2.45, 2.75) is 32.6 Å². The van der Waals surface area contributed by atoms with E-state index >= 15 is 0 Å². The van der Waals surface area contributed by atoms with Gasteiger partial charge in [0.25, 0.3) is 5.91 Å². The summed E-state index contributed by atoms with van der Waals surface area (Å²) in [5.41, 5.74) is 2.38. The number of carboxylic acids is 2. The second-order valence-electron chi connectivity index (χ2n) is 11.0. The van der Waals surface area contributed by atoms with Crippen LogP contribution in [-0.2, 0) is 14.4 Å². The summed E-state index contributed by atoms with van der Waals surface area (Å²) in [5, 5.41) is 18.5. The lowest BCUT2D eigenvalue weighted by Gasteiger charge is -2.33. The van der Waals surface area contributed by atoms with Gasteiger partial charge in [-0.3, -0.25) is 14.4 Å². The van der Waals surface area contributed by atoms with Crippen LogP contribution in [0.3, 0.4) is 0 Å². The zero-order chi connectivity index (χ0) is 35.1. The van der Waals surface area contributed by atoms with Crippen LogP contribution < -0.4 is 15.0 Å². The number of Topliss-reactive ketones (excluding diaryl/α,β-unsaturated/α-hetero) is 1. The zero-order valence-electron chi connectivity index (χ0n) is 26.9. The molecule has 0 aliphatic carbocycles. The number of nitrogens with one attached hydrogen (secondary N) is 1. The number of ketones is 1. The van der Waals surface area contributed by atoms with Crippen LogP contribution in [0, 0.1) is 11.7 Å². The zero-order valence-corrected chi connectivity index (χ0v) is 26.9. The van der Waals surface area contributed by atoms with Gasteiger partial charge >= 0.3 is 11.9 Å². The van der Waals surface area contributed by atoms with Crippen molar-refractivity contribution in [3.8, 4) is 5.75 Å². The van der Waals surface area contributed by atoms with Crippen LogP contribution in [0.15, 0.2) is 84.9 Å². The molecular weight excluding hydrogens is 621 g/mol. The number of carbonyl (C=O) groups is 5. The first-order valence-corrected chi connectivity index (χ1v) is 15.5. The number of halogens is 1. The summed E-state index contributed by atoms with van der Waals surface area (Å²) in [5.74, 6) is -2.53. The van der Waals surface area contributed by atoms with E-state index in [9.17, 15) is 28.4 Å². The Labute approximate surface area is 278 Å². The Balaban J connectivity index is 0.000000694. The highest BCUT2D eigenvalue weighted by Gasteiger charge is 2.27. The Hall–Kier alpha value is -5.36. The number of nitrogens with zero attached hydrogens (tertiary/aromatic N) is 2. The summed E-state index contributed by atoms with van der Waals surface area (Å²) < 4.78 is 18.8. The highest BCUT2D eigenvalue weighted by molar-refractivity contribution is 6.07. The van der Waals surface area contributed by atoms with Crippen molar-refractivity contribution < 1.29 is 43.3 Å². The Morgan fingerprint density at radius 2 is 1.48 bits per heavy atom. The van der Waals surface area contributed by atoms with Crippen molar-refractivity contribution in [2.24, 2.45) is 5.92 Å². The first kappa shape index (κ1) is 37.1. The number of amides is 2. The van der Waals surface area contributed by atoms with Gasteiger partial charge in [-0.1, -0.05) is 19.1 Å². The Morgan fingerprint density at radius 1 is 0.896 bits per heavy atom. The molecular formula is C36H40FN3O8. The van der Waals surface area contributed by atoms with Crippen molar-refractivity contribution in [1.29, 1.82) is 0 Å². The smallest absolute Gasteiger partial charge is 0.328 e. The van der Waals surface area contributed by atoms with Crippen molar-refractivity contribution in [3.63, 3.8) is 0 Å². The Kier molecular flexibility index (Phi) is 14.5. The lowest BCUT2D eigenvalue weighted by atomic mass is 9.89. The van der Waals surface area contributed by atoms with E-state index in [1.165, 1.54) is 12.1 Å². The van der Waals surface area contributed by atoms with Crippen molar-refractivity contribution in [1.82, 2.24) is 4.90 Å². The van der Waals surface area contributed by atoms with E-state index in [0.717, 1.165) is 19.5 Å². The standard InChI is InChI=1S/C32H36FN3O4.C4H4O4/c1-3-6-30(37)34-27-15-11-25(12-16-27)32(39)36(28-7-4-5-8-29(28)40-2)22-21-35-19-17-24(18-20-35)31(38)23-9-13-26(33)14-10-23;5-3(6)1-2-4(7)8/h4-5,7-16,24H,3,6,17-22H2,1-2H3,(H,34,37);1-2H,(H,5,6)(H,7,8). The van der Waals surface area contributed by atoms with Crippen LogP contribution in [0.5, 0.6) is 5.75 Å². The van der Waals surface area contributed by atoms with E-state index in [-0.39, 0.29) is 29.3 Å². The largest absolute Gasteiger partial charge is 0.495 e. The minimum Gasteiger partial charge on any atom is -0.495 e. The lowest BCUT2D eigenvalue weighted by Crippen LogP contribution is -2.43. The summed E-state index contributed by atoms with van der Waals surface area (Å²) in [6.45, 7) is 4.48. The maximum atomic E-state index is 13.7. The normalized spacial score (nSPS) is 13.2. The summed E-state index contributed by atoms with van der Waals surface area (Å²) >= 11 is 0. The van der Waals surface area contributed by atoms with Crippen LogP contribution in [0.2, 0.25) is 0 Å². The molecule has 12 heteroatoms. The van der Waals surface area contributed by atoms with Gasteiger partial charge < -0.3 is 30.1 Å². The number of hydrogen-bond donors (Lipinski definition) is 3. The number of likely N-dealkylation sites (tertiary alicyclic amines) is 1. The van der Waals surface area contributed by atoms with Crippen LogP contribution in [0.4, 0.5) is 15.8 Å². The topological polar surface area (TPSA) is 154 Å². The molecule has 0 radical (unpaired) electrons. The number of rotatable bonds is 13. The number of carbonyl (C=O) groups excluding carboxylic acids is 3. The first-order chi connectivity index (χ1) is 23.0. The predicted octanol–water partition coefficient (Wildman–Crippen LogP) is 5.53. The van der Waals surface area contributed by atoms with Crippen molar-refractivity contribution in [3.05, 3.63) is 102 Å². The number of anilines is 2. The molecule has 0 bridgehead atoms. The number of methoxy groups -OCH3 is 1. The van der Waals surface area contributed by atoms with Crippen LogP contribution in [-0.4, -0.2) is 77.9 Å². The third-order valence-corrected chi connectivity index (χ3v) is 7.61. The van der Waals surface area contributed by atoms with E-state index < -0.39 is 11.9 Å². The molecule has 254 valence electrons. The number of ether oxygens (including phenoxy) is 1. The van der Waals surface area contributed by atoms with Crippen LogP contribution in [0.25, 0.3) is 0 Å². The van der Waals surface area contributed by atoms with Gasteiger partial charge in [-0.05, 0) is 93.0 Å². The molecule has 0 atom stereocenters. The highest BCUT2D eigenvalue weighted by Crippen LogP contribution is 2.30. The second kappa shape index (κ2) is 18.7. The molecule has 1 saturated heterocycles. The molecule has 0 saturated carbocycles. The molecule has 1 aliphatic rings. The first-order valence-electron chi connectivity index (χ1n) is 15.5. The van der Waals surface area contributed by atoms with Gasteiger partial charge in [0, 0.05) is 54.4 Å². The predicted molar refractivity (Wildman–Crippen MR) is 179 cm³/mol. The molecule has 4 rings (SSSR count). The quantitative estimate of drug-likeness (QED) is 0.159. The third-order valence-electron chi connectivity index (χ3n) is 7.61. The Morgan fingerprint density at radius 3 is 2.04 bits per heavy atom. The minimum atomic E-state index is -1.26. The fourth-order valence-corrected chi connectivity index (χ4v) is 5.14. The minimum absolute atomic E-state index is 0.0552. The van der Waals surface area contributed by atoms with Gasteiger partial charge in [-0.15, -0.1) is 0 Å². The number of benzene rings is 3. The molecule has 1 aliphatic heterocycles. The summed E-state index contributed by atoms with van der Waals surface area (Å²) in [6, 6.07) is 20.1. The van der Waals surface area contributed by atoms with Gasteiger partial charge in [0.15, 0.2) is 5.78 Å². The number of para-hydroxylation sites is 2. The van der Waals surface area contributed by atoms with Gasteiger partial charge in [0.05, 0.1) is 12.8 Å². The molecule has 48 heavy (non-hydrogen) atoms.